The molecule has 0 radical (unpaired) electrons. The van der Waals surface area contributed by atoms with Crippen LogP contribution in [0.4, 0.5) is 5.13 Å². The zero-order chi connectivity index (χ0) is 15.9. The Morgan fingerprint density at radius 3 is 2.50 bits per heavy atom. The Hall–Kier alpha value is -1.79. The topological polar surface area (TPSA) is 52.6 Å². The van der Waals surface area contributed by atoms with E-state index in [9.17, 15) is 0 Å². The van der Waals surface area contributed by atoms with E-state index in [1.54, 1.807) is 18.4 Å². The number of thiazole rings is 1. The summed E-state index contributed by atoms with van der Waals surface area (Å²) in [4.78, 5) is 10.7. The van der Waals surface area contributed by atoms with Gasteiger partial charge in [0.15, 0.2) is 11.1 Å². The molecule has 1 heterocycles. The molecule has 0 spiro atoms. The number of hydrogen-bond acceptors (Lipinski definition) is 4. The van der Waals surface area contributed by atoms with Gasteiger partial charge >= 0.3 is 0 Å². The lowest BCUT2D eigenvalue weighted by atomic mass is 10.2. The highest BCUT2D eigenvalue weighted by Gasteiger charge is 2.04. The molecule has 0 aliphatic carbocycles. The molecular formula is C15H20ClN5S. The molecule has 0 unspecified atom stereocenters. The molecule has 0 saturated carbocycles. The van der Waals surface area contributed by atoms with Gasteiger partial charge in [-0.1, -0.05) is 23.7 Å². The van der Waals surface area contributed by atoms with Crippen molar-refractivity contribution in [2.75, 3.05) is 26.0 Å². The van der Waals surface area contributed by atoms with Crippen molar-refractivity contribution in [1.82, 2.24) is 15.6 Å². The average Bonchev–Trinajstić information content (AvgIpc) is 2.98. The molecule has 2 rings (SSSR count). The molecule has 5 nitrogen and oxygen atoms in total. The monoisotopic (exact) mass is 337 g/mol. The predicted molar refractivity (Wildman–Crippen MR) is 94.9 cm³/mol. The molecule has 0 amide bonds. The summed E-state index contributed by atoms with van der Waals surface area (Å²) >= 11 is 7.51. The van der Waals surface area contributed by atoms with Crippen LogP contribution in [-0.4, -0.2) is 32.1 Å². The predicted octanol–water partition coefficient (Wildman–Crippen LogP) is 2.73. The molecule has 0 fully saturated rings. The van der Waals surface area contributed by atoms with Crippen molar-refractivity contribution in [1.29, 1.82) is 0 Å². The van der Waals surface area contributed by atoms with Crippen molar-refractivity contribution < 1.29 is 0 Å². The van der Waals surface area contributed by atoms with Gasteiger partial charge < -0.3 is 15.5 Å². The lowest BCUT2D eigenvalue weighted by Gasteiger charge is -2.11. The third kappa shape index (κ3) is 4.89. The van der Waals surface area contributed by atoms with E-state index in [0.29, 0.717) is 13.1 Å². The average molecular weight is 338 g/mol. The fourth-order valence-corrected chi connectivity index (χ4v) is 2.65. The standard InChI is InChI=1S/C15H20ClN5S/c1-17-14(18-8-11-4-6-12(16)7-5-11)19-9-13-10-22-15(20-13)21(2)3/h4-7,10H,8-9H2,1-3H3,(H2,17,18,19). The minimum absolute atomic E-state index is 0.643. The number of aromatic nitrogens is 1. The number of rotatable bonds is 5. The van der Waals surface area contributed by atoms with E-state index in [-0.39, 0.29) is 0 Å². The summed E-state index contributed by atoms with van der Waals surface area (Å²) in [5, 5.41) is 10.3. The Bertz CT molecular complexity index is 621. The quantitative estimate of drug-likeness (QED) is 0.650. The summed E-state index contributed by atoms with van der Waals surface area (Å²) in [7, 11) is 5.73. The van der Waals surface area contributed by atoms with Gasteiger partial charge in [0, 0.05) is 38.1 Å². The summed E-state index contributed by atoms with van der Waals surface area (Å²) in [5.41, 5.74) is 2.15. The van der Waals surface area contributed by atoms with Crippen LogP contribution >= 0.6 is 22.9 Å². The number of benzene rings is 1. The lowest BCUT2D eigenvalue weighted by molar-refractivity contribution is 0.797. The lowest BCUT2D eigenvalue weighted by Crippen LogP contribution is -2.36. The highest BCUT2D eigenvalue weighted by molar-refractivity contribution is 7.13. The number of nitrogens with zero attached hydrogens (tertiary/aromatic N) is 3. The van der Waals surface area contributed by atoms with Crippen LogP contribution in [0.1, 0.15) is 11.3 Å². The first kappa shape index (κ1) is 16.6. The molecule has 0 saturated heterocycles. The van der Waals surface area contributed by atoms with Crippen LogP contribution in [0.15, 0.2) is 34.6 Å². The van der Waals surface area contributed by atoms with Crippen molar-refractivity contribution >= 4 is 34.0 Å². The molecule has 22 heavy (non-hydrogen) atoms. The Kier molecular flexibility index (Phi) is 6.03. The van der Waals surface area contributed by atoms with E-state index in [4.69, 9.17) is 11.6 Å². The first-order valence-electron chi connectivity index (χ1n) is 6.89. The molecule has 7 heteroatoms. The minimum Gasteiger partial charge on any atom is -0.354 e. The summed E-state index contributed by atoms with van der Waals surface area (Å²) < 4.78 is 0. The van der Waals surface area contributed by atoms with Crippen molar-refractivity contribution in [2.45, 2.75) is 13.1 Å². The maximum Gasteiger partial charge on any atom is 0.191 e. The van der Waals surface area contributed by atoms with Crippen molar-refractivity contribution in [2.24, 2.45) is 4.99 Å². The second-order valence-corrected chi connectivity index (χ2v) is 6.19. The first-order chi connectivity index (χ1) is 10.6. The van der Waals surface area contributed by atoms with Crippen molar-refractivity contribution in [3.05, 3.63) is 45.9 Å². The first-order valence-corrected chi connectivity index (χ1v) is 8.15. The van der Waals surface area contributed by atoms with Crippen LogP contribution in [0.5, 0.6) is 0 Å². The van der Waals surface area contributed by atoms with Crippen LogP contribution in [0.2, 0.25) is 5.02 Å². The minimum atomic E-state index is 0.643. The van der Waals surface area contributed by atoms with E-state index in [2.05, 4.69) is 26.0 Å². The highest BCUT2D eigenvalue weighted by Crippen LogP contribution is 2.17. The Morgan fingerprint density at radius 1 is 1.23 bits per heavy atom. The number of hydrogen-bond donors (Lipinski definition) is 2. The van der Waals surface area contributed by atoms with Crippen LogP contribution in [0.3, 0.4) is 0 Å². The molecule has 1 aromatic heterocycles. The summed E-state index contributed by atoms with van der Waals surface area (Å²) in [6, 6.07) is 7.75. The van der Waals surface area contributed by atoms with E-state index in [1.165, 1.54) is 0 Å². The number of nitrogens with one attached hydrogen (secondary N) is 2. The van der Waals surface area contributed by atoms with Gasteiger partial charge in [0.1, 0.15) is 0 Å². The summed E-state index contributed by atoms with van der Waals surface area (Å²) in [5.74, 6) is 0.745. The van der Waals surface area contributed by atoms with Gasteiger partial charge in [0.05, 0.1) is 12.2 Å². The summed E-state index contributed by atoms with van der Waals surface area (Å²) in [6.45, 7) is 1.33. The van der Waals surface area contributed by atoms with Gasteiger partial charge in [-0.15, -0.1) is 11.3 Å². The Labute approximate surface area is 140 Å². The molecule has 2 N–H and O–H groups in total. The van der Waals surface area contributed by atoms with Crippen LogP contribution in [0.25, 0.3) is 0 Å². The molecule has 2 aromatic rings. The Balaban J connectivity index is 1.83. The molecule has 0 aliphatic heterocycles. The number of aliphatic imine (C=N–C) groups is 1. The molecule has 0 bridgehead atoms. The van der Waals surface area contributed by atoms with Gasteiger partial charge in [0.2, 0.25) is 0 Å². The maximum absolute atomic E-state index is 5.88. The molecule has 1 aromatic carbocycles. The van der Waals surface area contributed by atoms with E-state index in [0.717, 1.165) is 27.4 Å². The fraction of sp³-hybridized carbons (Fsp3) is 0.333. The highest BCUT2D eigenvalue weighted by atomic mass is 35.5. The van der Waals surface area contributed by atoms with Crippen LogP contribution in [-0.2, 0) is 13.1 Å². The SMILES string of the molecule is CN=C(NCc1ccc(Cl)cc1)NCc1csc(N(C)C)n1. The van der Waals surface area contributed by atoms with Gasteiger partial charge in [0.25, 0.3) is 0 Å². The largest absolute Gasteiger partial charge is 0.354 e. The fourth-order valence-electron chi connectivity index (χ4n) is 1.77. The molecule has 0 atom stereocenters. The van der Waals surface area contributed by atoms with Crippen LogP contribution in [0, 0.1) is 0 Å². The molecular weight excluding hydrogens is 318 g/mol. The smallest absolute Gasteiger partial charge is 0.191 e. The Morgan fingerprint density at radius 2 is 1.91 bits per heavy atom. The number of guanidine groups is 1. The van der Waals surface area contributed by atoms with Crippen molar-refractivity contribution in [3.63, 3.8) is 0 Å². The van der Waals surface area contributed by atoms with Gasteiger partial charge in [-0.3, -0.25) is 4.99 Å². The van der Waals surface area contributed by atoms with E-state index in [1.807, 2.05) is 43.3 Å². The number of anilines is 1. The van der Waals surface area contributed by atoms with Gasteiger partial charge in [-0.2, -0.15) is 0 Å². The third-order valence-electron chi connectivity index (χ3n) is 2.96. The second-order valence-electron chi connectivity index (χ2n) is 4.92. The van der Waals surface area contributed by atoms with Gasteiger partial charge in [-0.05, 0) is 17.7 Å². The maximum atomic E-state index is 5.88. The number of halogens is 1. The van der Waals surface area contributed by atoms with Crippen LogP contribution < -0.4 is 15.5 Å². The normalized spacial score (nSPS) is 11.4. The van der Waals surface area contributed by atoms with E-state index >= 15 is 0 Å². The molecule has 118 valence electrons. The van der Waals surface area contributed by atoms with Gasteiger partial charge in [-0.25, -0.2) is 4.98 Å². The zero-order valence-electron chi connectivity index (χ0n) is 12.9. The van der Waals surface area contributed by atoms with Crippen molar-refractivity contribution in [3.8, 4) is 0 Å². The van der Waals surface area contributed by atoms with E-state index < -0.39 is 0 Å². The summed E-state index contributed by atoms with van der Waals surface area (Å²) in [6.07, 6.45) is 0. The molecule has 0 aliphatic rings. The second kappa shape index (κ2) is 8.00. The zero-order valence-corrected chi connectivity index (χ0v) is 14.5. The third-order valence-corrected chi connectivity index (χ3v) is 4.27.